The zero-order valence-corrected chi connectivity index (χ0v) is 12.0. The third-order valence-corrected chi connectivity index (χ3v) is 6.22. The first kappa shape index (κ1) is 12.9. The topological polar surface area (TPSA) is 47.3 Å². The van der Waals surface area contributed by atoms with Crippen LogP contribution in [0.3, 0.4) is 0 Å². The van der Waals surface area contributed by atoms with Crippen molar-refractivity contribution in [1.29, 1.82) is 0 Å². The minimum Gasteiger partial charge on any atom is -0.381 e. The van der Waals surface area contributed by atoms with E-state index in [1.807, 2.05) is 7.11 Å². The molecule has 18 heavy (non-hydrogen) atoms. The molecule has 3 fully saturated rings. The lowest BCUT2D eigenvalue weighted by Gasteiger charge is -2.52. The lowest BCUT2D eigenvalue weighted by molar-refractivity contribution is -0.0985. The van der Waals surface area contributed by atoms with Crippen molar-refractivity contribution in [2.24, 2.45) is 28.9 Å². The van der Waals surface area contributed by atoms with Crippen molar-refractivity contribution in [3.8, 4) is 0 Å². The Bertz CT molecular complexity index is 316. The molecule has 3 aliphatic rings. The number of nitrogens with two attached hydrogens (primary N) is 1. The molecule has 2 bridgehead atoms. The third-order valence-electron chi connectivity index (χ3n) is 6.22. The van der Waals surface area contributed by atoms with Gasteiger partial charge >= 0.3 is 0 Å². The van der Waals surface area contributed by atoms with Gasteiger partial charge in [0.25, 0.3) is 0 Å². The number of hydrogen-bond acceptors (Lipinski definition) is 3. The van der Waals surface area contributed by atoms with Crippen LogP contribution < -0.4 is 11.1 Å². The lowest BCUT2D eigenvalue weighted by Crippen LogP contribution is -2.61. The number of rotatable bonds is 4. The average molecular weight is 252 g/mol. The minimum atomic E-state index is 0.274. The van der Waals surface area contributed by atoms with Crippen LogP contribution in [0.15, 0.2) is 0 Å². The van der Waals surface area contributed by atoms with Gasteiger partial charge in [0.05, 0.1) is 6.10 Å². The van der Waals surface area contributed by atoms with Gasteiger partial charge in [-0.3, -0.25) is 0 Å². The monoisotopic (exact) mass is 252 g/mol. The van der Waals surface area contributed by atoms with E-state index in [0.717, 1.165) is 30.7 Å². The second-order valence-corrected chi connectivity index (χ2v) is 7.32. The fourth-order valence-corrected chi connectivity index (χ4v) is 4.67. The summed E-state index contributed by atoms with van der Waals surface area (Å²) in [6.45, 7) is 5.74. The molecule has 6 atom stereocenters. The lowest BCUT2D eigenvalue weighted by atomic mass is 9.64. The summed E-state index contributed by atoms with van der Waals surface area (Å²) in [5, 5.41) is 3.77. The Balaban J connectivity index is 1.51. The molecule has 3 nitrogen and oxygen atoms in total. The van der Waals surface area contributed by atoms with Crippen LogP contribution in [0.25, 0.3) is 0 Å². The largest absolute Gasteiger partial charge is 0.381 e. The van der Waals surface area contributed by atoms with Gasteiger partial charge in [-0.05, 0) is 50.0 Å². The zero-order chi connectivity index (χ0) is 12.9. The molecular weight excluding hydrogens is 224 g/mol. The molecule has 0 saturated heterocycles. The van der Waals surface area contributed by atoms with Crippen LogP contribution in [-0.4, -0.2) is 31.8 Å². The van der Waals surface area contributed by atoms with Gasteiger partial charge in [0, 0.05) is 24.6 Å². The van der Waals surface area contributed by atoms with Crippen molar-refractivity contribution in [3.05, 3.63) is 0 Å². The van der Waals surface area contributed by atoms with Crippen LogP contribution in [0.1, 0.15) is 39.5 Å². The highest BCUT2D eigenvalue weighted by atomic mass is 16.5. The SMILES string of the molecule is COC1CC(NCC2C3CCC(C3)C2N)C1(C)C. The molecule has 0 spiro atoms. The highest BCUT2D eigenvalue weighted by molar-refractivity contribution is 5.05. The zero-order valence-electron chi connectivity index (χ0n) is 12.0. The standard InChI is InChI=1S/C15H28N2O/c1-15(2)12(7-13(15)18-3)17-8-11-9-4-5-10(6-9)14(11)16/h9-14,17H,4-8,16H2,1-3H3. The normalized spacial score (nSPS) is 49.3. The molecule has 3 heteroatoms. The van der Waals surface area contributed by atoms with Crippen molar-refractivity contribution < 1.29 is 4.74 Å². The molecule has 3 aliphatic carbocycles. The first-order valence-corrected chi connectivity index (χ1v) is 7.55. The van der Waals surface area contributed by atoms with E-state index in [4.69, 9.17) is 10.5 Å². The van der Waals surface area contributed by atoms with E-state index in [1.165, 1.54) is 19.3 Å². The maximum absolute atomic E-state index is 6.37. The second kappa shape index (κ2) is 4.46. The molecule has 0 heterocycles. The fourth-order valence-electron chi connectivity index (χ4n) is 4.67. The van der Waals surface area contributed by atoms with Crippen LogP contribution in [0.4, 0.5) is 0 Å². The van der Waals surface area contributed by atoms with E-state index >= 15 is 0 Å². The van der Waals surface area contributed by atoms with Gasteiger partial charge in [-0.25, -0.2) is 0 Å². The van der Waals surface area contributed by atoms with E-state index in [1.54, 1.807) is 0 Å². The van der Waals surface area contributed by atoms with Crippen LogP contribution in [-0.2, 0) is 4.74 Å². The van der Waals surface area contributed by atoms with Gasteiger partial charge in [0.15, 0.2) is 0 Å². The van der Waals surface area contributed by atoms with E-state index < -0.39 is 0 Å². The molecule has 3 rings (SSSR count). The van der Waals surface area contributed by atoms with Crippen LogP contribution >= 0.6 is 0 Å². The van der Waals surface area contributed by atoms with Gasteiger partial charge in [0.1, 0.15) is 0 Å². The van der Waals surface area contributed by atoms with Gasteiger partial charge in [0.2, 0.25) is 0 Å². The van der Waals surface area contributed by atoms with Gasteiger partial charge in [-0.2, -0.15) is 0 Å². The smallest absolute Gasteiger partial charge is 0.0652 e. The summed E-state index contributed by atoms with van der Waals surface area (Å²) in [4.78, 5) is 0. The number of ether oxygens (including phenoxy) is 1. The van der Waals surface area contributed by atoms with Crippen molar-refractivity contribution in [1.82, 2.24) is 5.32 Å². The minimum absolute atomic E-state index is 0.274. The molecule has 0 aliphatic heterocycles. The van der Waals surface area contributed by atoms with E-state index in [0.29, 0.717) is 18.2 Å². The quantitative estimate of drug-likeness (QED) is 0.801. The van der Waals surface area contributed by atoms with Crippen molar-refractivity contribution in [3.63, 3.8) is 0 Å². The summed E-state index contributed by atoms with van der Waals surface area (Å²) in [6, 6.07) is 1.06. The molecule has 3 N–H and O–H groups in total. The van der Waals surface area contributed by atoms with Crippen LogP contribution in [0, 0.1) is 23.2 Å². The molecule has 0 radical (unpaired) electrons. The van der Waals surface area contributed by atoms with Crippen molar-refractivity contribution in [2.45, 2.75) is 57.7 Å². The second-order valence-electron chi connectivity index (χ2n) is 7.32. The van der Waals surface area contributed by atoms with Crippen molar-refractivity contribution >= 4 is 0 Å². The summed E-state index contributed by atoms with van der Waals surface area (Å²) < 4.78 is 5.51. The van der Waals surface area contributed by atoms with Crippen LogP contribution in [0.5, 0.6) is 0 Å². The first-order valence-electron chi connectivity index (χ1n) is 7.55. The van der Waals surface area contributed by atoms with Crippen molar-refractivity contribution in [2.75, 3.05) is 13.7 Å². The predicted octanol–water partition coefficient (Wildman–Crippen LogP) is 1.76. The summed E-state index contributed by atoms with van der Waals surface area (Å²) in [7, 11) is 1.83. The maximum Gasteiger partial charge on any atom is 0.0652 e. The summed E-state index contributed by atoms with van der Waals surface area (Å²) in [5.41, 5.74) is 6.64. The predicted molar refractivity (Wildman–Crippen MR) is 73.3 cm³/mol. The highest BCUT2D eigenvalue weighted by Gasteiger charge is 2.50. The molecular formula is C15H28N2O. The molecule has 104 valence electrons. The van der Waals surface area contributed by atoms with E-state index in [-0.39, 0.29) is 5.41 Å². The molecule has 0 aromatic carbocycles. The van der Waals surface area contributed by atoms with Crippen LogP contribution in [0.2, 0.25) is 0 Å². The highest BCUT2D eigenvalue weighted by Crippen LogP contribution is 2.48. The number of fused-ring (bicyclic) bond motifs is 2. The Labute approximate surface area is 111 Å². The first-order chi connectivity index (χ1) is 8.54. The summed E-state index contributed by atoms with van der Waals surface area (Å²) in [5.74, 6) is 2.45. The molecule has 6 unspecified atom stereocenters. The van der Waals surface area contributed by atoms with E-state index in [9.17, 15) is 0 Å². The Hall–Kier alpha value is -0.120. The molecule has 3 saturated carbocycles. The Kier molecular flexibility index (Phi) is 3.20. The van der Waals surface area contributed by atoms with E-state index in [2.05, 4.69) is 19.2 Å². The fraction of sp³-hybridized carbons (Fsp3) is 1.00. The number of hydrogen-bond donors (Lipinski definition) is 2. The Morgan fingerprint density at radius 1 is 1.22 bits per heavy atom. The van der Waals surface area contributed by atoms with Gasteiger partial charge < -0.3 is 15.8 Å². The summed E-state index contributed by atoms with van der Waals surface area (Å²) in [6.07, 6.45) is 5.76. The number of methoxy groups -OCH3 is 1. The van der Waals surface area contributed by atoms with Gasteiger partial charge in [-0.15, -0.1) is 0 Å². The van der Waals surface area contributed by atoms with Gasteiger partial charge in [-0.1, -0.05) is 13.8 Å². The molecule has 0 aromatic heterocycles. The Morgan fingerprint density at radius 2 is 1.94 bits per heavy atom. The average Bonchev–Trinajstić information content (AvgIpc) is 2.90. The summed E-state index contributed by atoms with van der Waals surface area (Å²) >= 11 is 0. The number of nitrogens with one attached hydrogen (secondary N) is 1. The molecule has 0 amide bonds. The third kappa shape index (κ3) is 1.83. The molecule has 0 aromatic rings. The maximum atomic E-state index is 6.37. The Morgan fingerprint density at radius 3 is 2.50 bits per heavy atom.